The largest absolute Gasteiger partial charge is 0.493 e. The summed E-state index contributed by atoms with van der Waals surface area (Å²) in [4.78, 5) is 10.2. The van der Waals surface area contributed by atoms with Gasteiger partial charge in [-0.1, -0.05) is 13.5 Å². The van der Waals surface area contributed by atoms with E-state index < -0.39 is 4.92 Å². The quantitative estimate of drug-likeness (QED) is 0.326. The van der Waals surface area contributed by atoms with Gasteiger partial charge in [-0.3, -0.25) is 10.1 Å². The van der Waals surface area contributed by atoms with Crippen molar-refractivity contribution in [2.45, 2.75) is 13.3 Å². The van der Waals surface area contributed by atoms with Crippen molar-refractivity contribution in [3.63, 3.8) is 0 Å². The minimum Gasteiger partial charge on any atom is -0.493 e. The van der Waals surface area contributed by atoms with Crippen LogP contribution in [0.5, 0.6) is 11.5 Å². The molecule has 0 aromatic heterocycles. The lowest BCUT2D eigenvalue weighted by Gasteiger charge is -2.12. The van der Waals surface area contributed by atoms with E-state index in [1.54, 1.807) is 0 Å². The maximum absolute atomic E-state index is 10.7. The Hall–Kier alpha value is -2.08. The molecular formula is C14H20N2O4. The highest BCUT2D eigenvalue weighted by Crippen LogP contribution is 2.31. The zero-order valence-corrected chi connectivity index (χ0v) is 11.8. The van der Waals surface area contributed by atoms with E-state index in [1.165, 1.54) is 25.3 Å². The van der Waals surface area contributed by atoms with Crippen molar-refractivity contribution in [3.8, 4) is 11.5 Å². The van der Waals surface area contributed by atoms with Crippen molar-refractivity contribution < 1.29 is 14.4 Å². The molecule has 0 atom stereocenters. The number of hydrogen-bond acceptors (Lipinski definition) is 5. The lowest BCUT2D eigenvalue weighted by atomic mass is 10.2. The second-order valence-corrected chi connectivity index (χ2v) is 4.31. The second-order valence-electron chi connectivity index (χ2n) is 4.31. The van der Waals surface area contributed by atoms with Crippen LogP contribution in [0.1, 0.15) is 13.3 Å². The smallest absolute Gasteiger partial charge is 0.273 e. The molecule has 1 aromatic carbocycles. The molecule has 20 heavy (non-hydrogen) atoms. The molecule has 110 valence electrons. The van der Waals surface area contributed by atoms with Gasteiger partial charge < -0.3 is 14.8 Å². The van der Waals surface area contributed by atoms with E-state index >= 15 is 0 Å². The molecule has 0 bridgehead atoms. The number of ether oxygens (including phenoxy) is 2. The minimum absolute atomic E-state index is 0.0300. The van der Waals surface area contributed by atoms with Gasteiger partial charge in [-0.05, 0) is 24.6 Å². The van der Waals surface area contributed by atoms with Crippen LogP contribution in [0.25, 0.3) is 0 Å². The van der Waals surface area contributed by atoms with Crippen molar-refractivity contribution in [1.29, 1.82) is 0 Å². The van der Waals surface area contributed by atoms with Gasteiger partial charge in [0.05, 0.1) is 18.1 Å². The average Bonchev–Trinajstić information content (AvgIpc) is 2.45. The molecule has 0 saturated carbocycles. The van der Waals surface area contributed by atoms with Crippen LogP contribution in [0.2, 0.25) is 0 Å². The van der Waals surface area contributed by atoms with Gasteiger partial charge in [-0.2, -0.15) is 0 Å². The Balaban J connectivity index is 2.59. The Morgan fingerprint density at radius 2 is 2.20 bits per heavy atom. The summed E-state index contributed by atoms with van der Waals surface area (Å²) in [6, 6.07) is 4.26. The van der Waals surface area contributed by atoms with Gasteiger partial charge in [-0.15, -0.1) is 0 Å². The molecular weight excluding hydrogens is 260 g/mol. The molecule has 0 radical (unpaired) electrons. The number of hydrogen-bond donors (Lipinski definition) is 1. The fourth-order valence-corrected chi connectivity index (χ4v) is 1.56. The van der Waals surface area contributed by atoms with Gasteiger partial charge in [0.2, 0.25) is 0 Å². The number of non-ortho nitro benzene ring substituents is 1. The molecule has 0 aliphatic carbocycles. The molecule has 0 amide bonds. The molecule has 1 aromatic rings. The van der Waals surface area contributed by atoms with Crippen molar-refractivity contribution in [1.82, 2.24) is 5.32 Å². The molecule has 0 aliphatic rings. The lowest BCUT2D eigenvalue weighted by Crippen LogP contribution is -2.20. The van der Waals surface area contributed by atoms with Crippen LogP contribution in [-0.2, 0) is 0 Å². The number of benzene rings is 1. The van der Waals surface area contributed by atoms with Crippen LogP contribution in [0, 0.1) is 10.1 Å². The van der Waals surface area contributed by atoms with Crippen molar-refractivity contribution in [3.05, 3.63) is 40.5 Å². The van der Waals surface area contributed by atoms with Crippen LogP contribution < -0.4 is 14.8 Å². The average molecular weight is 280 g/mol. The Kier molecular flexibility index (Phi) is 6.52. The standard InChI is InChI=1S/C14H20N2O4/c1-4-7-15-9-11(2)10-20-13-6-5-12(16(17)18)8-14(13)19-3/h5-6,8,15H,2,4,7,9-10H2,1,3H3. The molecule has 0 heterocycles. The summed E-state index contributed by atoms with van der Waals surface area (Å²) in [5, 5.41) is 13.9. The maximum atomic E-state index is 10.7. The summed E-state index contributed by atoms with van der Waals surface area (Å²) in [5.74, 6) is 0.809. The Morgan fingerprint density at radius 1 is 1.45 bits per heavy atom. The van der Waals surface area contributed by atoms with Gasteiger partial charge in [0.25, 0.3) is 5.69 Å². The highest BCUT2D eigenvalue weighted by molar-refractivity contribution is 5.48. The first-order valence-electron chi connectivity index (χ1n) is 6.41. The summed E-state index contributed by atoms with van der Waals surface area (Å²) in [7, 11) is 1.45. The first-order valence-corrected chi connectivity index (χ1v) is 6.41. The van der Waals surface area contributed by atoms with E-state index in [1.807, 2.05) is 0 Å². The van der Waals surface area contributed by atoms with Crippen molar-refractivity contribution >= 4 is 5.69 Å². The molecule has 1 rings (SSSR count). The van der Waals surface area contributed by atoms with Gasteiger partial charge in [0.15, 0.2) is 11.5 Å². The van der Waals surface area contributed by atoms with Gasteiger partial charge in [0, 0.05) is 12.6 Å². The topological polar surface area (TPSA) is 73.6 Å². The maximum Gasteiger partial charge on any atom is 0.273 e. The number of rotatable bonds is 9. The zero-order chi connectivity index (χ0) is 15.0. The lowest BCUT2D eigenvalue weighted by molar-refractivity contribution is -0.384. The first-order chi connectivity index (χ1) is 9.58. The molecule has 0 saturated heterocycles. The van der Waals surface area contributed by atoms with Crippen LogP contribution in [-0.4, -0.2) is 31.7 Å². The van der Waals surface area contributed by atoms with Gasteiger partial charge >= 0.3 is 0 Å². The number of nitrogens with one attached hydrogen (secondary N) is 1. The fourth-order valence-electron chi connectivity index (χ4n) is 1.56. The Bertz CT molecular complexity index is 474. The summed E-state index contributed by atoms with van der Waals surface area (Å²) in [6.07, 6.45) is 1.06. The summed E-state index contributed by atoms with van der Waals surface area (Å²) in [6.45, 7) is 7.95. The molecule has 0 unspecified atom stereocenters. The van der Waals surface area contributed by atoms with Gasteiger partial charge in [0.1, 0.15) is 6.61 Å². The molecule has 6 nitrogen and oxygen atoms in total. The van der Waals surface area contributed by atoms with Crippen LogP contribution in [0.3, 0.4) is 0 Å². The Labute approximate surface area is 118 Å². The zero-order valence-electron chi connectivity index (χ0n) is 11.8. The predicted molar refractivity (Wildman–Crippen MR) is 77.4 cm³/mol. The third-order valence-electron chi connectivity index (χ3n) is 2.59. The fraction of sp³-hybridized carbons (Fsp3) is 0.429. The molecule has 0 spiro atoms. The van der Waals surface area contributed by atoms with Crippen LogP contribution >= 0.6 is 0 Å². The molecule has 1 N–H and O–H groups in total. The minimum atomic E-state index is -0.472. The normalized spacial score (nSPS) is 10.1. The van der Waals surface area contributed by atoms with Crippen molar-refractivity contribution in [2.75, 3.05) is 26.8 Å². The second kappa shape index (κ2) is 8.16. The molecule has 0 fully saturated rings. The monoisotopic (exact) mass is 280 g/mol. The van der Waals surface area contributed by atoms with Gasteiger partial charge in [-0.25, -0.2) is 0 Å². The molecule has 0 aliphatic heterocycles. The van der Waals surface area contributed by atoms with E-state index in [4.69, 9.17) is 9.47 Å². The number of methoxy groups -OCH3 is 1. The molecule has 6 heteroatoms. The van der Waals surface area contributed by atoms with E-state index in [0.29, 0.717) is 24.7 Å². The SMILES string of the molecule is C=C(CNCCC)COc1ccc([N+](=O)[O-])cc1OC. The third-order valence-corrected chi connectivity index (χ3v) is 2.59. The predicted octanol–water partition coefficient (Wildman–Crippen LogP) is 2.54. The van der Waals surface area contributed by atoms with E-state index in [-0.39, 0.29) is 5.69 Å². The highest BCUT2D eigenvalue weighted by Gasteiger charge is 2.12. The highest BCUT2D eigenvalue weighted by atomic mass is 16.6. The van der Waals surface area contributed by atoms with E-state index in [9.17, 15) is 10.1 Å². The van der Waals surface area contributed by atoms with Crippen LogP contribution in [0.15, 0.2) is 30.4 Å². The summed E-state index contributed by atoms with van der Waals surface area (Å²) in [5.41, 5.74) is 0.872. The number of nitro benzene ring substituents is 1. The number of nitro groups is 1. The third kappa shape index (κ3) is 4.89. The van der Waals surface area contributed by atoms with E-state index in [0.717, 1.165) is 18.5 Å². The van der Waals surface area contributed by atoms with Crippen LogP contribution in [0.4, 0.5) is 5.69 Å². The summed E-state index contributed by atoms with van der Waals surface area (Å²) < 4.78 is 10.7. The Morgan fingerprint density at radius 3 is 2.80 bits per heavy atom. The first kappa shape index (κ1) is 16.0. The number of nitrogens with zero attached hydrogens (tertiary/aromatic N) is 1. The van der Waals surface area contributed by atoms with E-state index in [2.05, 4.69) is 18.8 Å². The summed E-state index contributed by atoms with van der Waals surface area (Å²) >= 11 is 0. The van der Waals surface area contributed by atoms with Crippen molar-refractivity contribution in [2.24, 2.45) is 0 Å².